The molecule has 0 bridgehead atoms. The first kappa shape index (κ1) is 92.5. The predicted molar refractivity (Wildman–Crippen MR) is 386 cm³/mol. The average molecular weight is 1390 g/mol. The van der Waals surface area contributed by atoms with Gasteiger partial charge in [0.05, 0.1) is 26.4 Å². The van der Waals surface area contributed by atoms with E-state index >= 15 is 0 Å². The topological polar surface area (TPSA) is 237 Å². The van der Waals surface area contributed by atoms with Gasteiger partial charge in [0.1, 0.15) is 19.3 Å². The zero-order chi connectivity index (χ0) is 70.1. The highest BCUT2D eigenvalue weighted by atomic mass is 31.2. The Morgan fingerprint density at radius 2 is 0.589 bits per heavy atom. The molecule has 0 aromatic carbocycles. The van der Waals surface area contributed by atoms with E-state index in [9.17, 15) is 43.2 Å². The van der Waals surface area contributed by atoms with Crippen LogP contribution in [0.3, 0.4) is 0 Å². The maximum absolute atomic E-state index is 13.1. The van der Waals surface area contributed by atoms with Gasteiger partial charge in [0.2, 0.25) is 0 Å². The van der Waals surface area contributed by atoms with E-state index in [-0.39, 0.29) is 25.7 Å². The van der Waals surface area contributed by atoms with Crippen LogP contribution in [0.2, 0.25) is 0 Å². The maximum Gasteiger partial charge on any atom is 0.472 e. The fourth-order valence-corrected chi connectivity index (χ4v) is 12.5. The molecular formula is C76H144O17P2. The summed E-state index contributed by atoms with van der Waals surface area (Å²) >= 11 is 0. The van der Waals surface area contributed by atoms with Crippen molar-refractivity contribution in [2.24, 2.45) is 17.8 Å². The lowest BCUT2D eigenvalue weighted by atomic mass is 9.99. The molecule has 0 fully saturated rings. The lowest BCUT2D eigenvalue weighted by Crippen LogP contribution is -2.30. The Labute approximate surface area is 580 Å². The minimum Gasteiger partial charge on any atom is -0.462 e. The Morgan fingerprint density at radius 3 is 0.884 bits per heavy atom. The maximum atomic E-state index is 13.1. The standard InChI is InChI=1S/C76H144O17P2/c1-8-12-13-14-15-16-17-18-19-23-26-29-35-43-50-57-73(78)86-63-71(92-75(80)59-52-45-36-30-27-24-21-20-22-25-28-33-40-47-54-67(5)9-2)65-90-94(82,83)88-61-70(77)62-89-95(84,85)91-66-72(64-87-74(79)58-51-44-39-38-42-49-56-69(7)11-4)93-76(81)60-53-46-37-32-31-34-41-48-55-68(6)10-3/h16-19,67-72,77H,8-15,20-66H2,1-7H3,(H,82,83)(H,84,85)/b17-16-,19-18-/t67?,68?,69?,70-,71-,72-/m1/s1. The molecule has 0 aliphatic heterocycles. The van der Waals surface area contributed by atoms with Gasteiger partial charge in [-0.15, -0.1) is 0 Å². The lowest BCUT2D eigenvalue weighted by molar-refractivity contribution is -0.161. The van der Waals surface area contributed by atoms with E-state index < -0.39 is 97.5 Å². The Kier molecular flexibility index (Phi) is 64.4. The van der Waals surface area contributed by atoms with Crippen molar-refractivity contribution in [2.75, 3.05) is 39.6 Å². The van der Waals surface area contributed by atoms with Crippen LogP contribution in [0.5, 0.6) is 0 Å². The number of carbonyl (C=O) groups is 4. The molecule has 5 unspecified atom stereocenters. The molecule has 0 rings (SSSR count). The summed E-state index contributed by atoms with van der Waals surface area (Å²) < 4.78 is 68.5. The molecule has 0 aliphatic rings. The molecular weight excluding hydrogens is 1250 g/mol. The van der Waals surface area contributed by atoms with Crippen molar-refractivity contribution in [3.63, 3.8) is 0 Å². The third-order valence-electron chi connectivity index (χ3n) is 18.1. The number of phosphoric ester groups is 2. The number of rotatable bonds is 72. The van der Waals surface area contributed by atoms with Crippen LogP contribution in [0.25, 0.3) is 0 Å². The van der Waals surface area contributed by atoms with E-state index in [4.69, 9.17) is 37.0 Å². The highest BCUT2D eigenvalue weighted by molar-refractivity contribution is 7.47. The molecule has 95 heavy (non-hydrogen) atoms. The van der Waals surface area contributed by atoms with Gasteiger partial charge in [-0.1, -0.05) is 310 Å². The number of carbonyl (C=O) groups excluding carboxylic acids is 4. The largest absolute Gasteiger partial charge is 0.472 e. The number of aliphatic hydroxyl groups excluding tert-OH is 1. The summed E-state index contributed by atoms with van der Waals surface area (Å²) in [7, 11) is -9.92. The van der Waals surface area contributed by atoms with E-state index in [1.54, 1.807) is 0 Å². The fraction of sp³-hybridized carbons (Fsp3) is 0.895. The van der Waals surface area contributed by atoms with Crippen molar-refractivity contribution >= 4 is 39.5 Å². The summed E-state index contributed by atoms with van der Waals surface area (Å²) in [5.41, 5.74) is 0. The van der Waals surface area contributed by atoms with Crippen molar-refractivity contribution in [3.8, 4) is 0 Å². The Morgan fingerprint density at radius 1 is 0.337 bits per heavy atom. The van der Waals surface area contributed by atoms with Gasteiger partial charge in [-0.05, 0) is 69.1 Å². The molecule has 0 spiro atoms. The molecule has 0 saturated carbocycles. The van der Waals surface area contributed by atoms with Gasteiger partial charge < -0.3 is 33.8 Å². The van der Waals surface area contributed by atoms with Crippen LogP contribution in [-0.2, 0) is 65.4 Å². The second kappa shape index (κ2) is 66.1. The van der Waals surface area contributed by atoms with Gasteiger partial charge in [-0.3, -0.25) is 37.3 Å². The highest BCUT2D eigenvalue weighted by Gasteiger charge is 2.30. The monoisotopic (exact) mass is 1390 g/mol. The van der Waals surface area contributed by atoms with Crippen LogP contribution >= 0.6 is 15.6 Å². The lowest BCUT2D eigenvalue weighted by Gasteiger charge is -2.21. The first-order valence-electron chi connectivity index (χ1n) is 38.8. The summed E-state index contributed by atoms with van der Waals surface area (Å²) in [5, 5.41) is 10.6. The SMILES string of the molecule is CCCCCC/C=C\C=C/CCCCCCCC(=O)OC[C@H](COP(=O)(O)OC[C@@H](O)COP(=O)(O)OC[C@@H](COC(=O)CCCCCCCCC(C)CC)OC(=O)CCCCCCCCCCC(C)CC)OC(=O)CCCCCCCCCCCCCCCCC(C)CC. The number of phosphoric acid groups is 2. The van der Waals surface area contributed by atoms with Gasteiger partial charge in [-0.2, -0.15) is 0 Å². The van der Waals surface area contributed by atoms with Gasteiger partial charge in [0.15, 0.2) is 12.2 Å². The molecule has 0 aliphatic carbocycles. The number of ether oxygens (including phenoxy) is 4. The zero-order valence-electron chi connectivity index (χ0n) is 61.6. The number of aliphatic hydroxyl groups is 1. The molecule has 0 heterocycles. The summed E-state index contributed by atoms with van der Waals surface area (Å²) in [6.45, 7) is 11.8. The van der Waals surface area contributed by atoms with Crippen molar-refractivity contribution in [2.45, 2.75) is 381 Å². The summed E-state index contributed by atoms with van der Waals surface area (Å²) in [6.07, 6.45) is 54.8. The van der Waals surface area contributed by atoms with Crippen LogP contribution in [-0.4, -0.2) is 96.7 Å². The van der Waals surface area contributed by atoms with Crippen molar-refractivity contribution in [3.05, 3.63) is 24.3 Å². The van der Waals surface area contributed by atoms with E-state index in [2.05, 4.69) is 72.8 Å². The normalized spacial score (nSPS) is 15.1. The number of allylic oxidation sites excluding steroid dienone is 4. The van der Waals surface area contributed by atoms with Crippen LogP contribution in [0, 0.1) is 17.8 Å². The molecule has 8 atom stereocenters. The summed E-state index contributed by atoms with van der Waals surface area (Å²) in [5.74, 6) is 0.190. The molecule has 19 heteroatoms. The molecule has 0 aromatic rings. The minimum atomic E-state index is -4.97. The van der Waals surface area contributed by atoms with Crippen molar-refractivity contribution < 1.29 is 80.2 Å². The Balaban J connectivity index is 5.29. The number of unbranched alkanes of at least 4 members (excludes halogenated alkanes) is 34. The third kappa shape index (κ3) is 65.9. The van der Waals surface area contributed by atoms with Crippen molar-refractivity contribution in [1.29, 1.82) is 0 Å². The molecule has 3 N–H and O–H groups in total. The second-order valence-electron chi connectivity index (χ2n) is 27.4. The number of hydrogen-bond donors (Lipinski definition) is 3. The van der Waals surface area contributed by atoms with Crippen molar-refractivity contribution in [1.82, 2.24) is 0 Å². The van der Waals surface area contributed by atoms with Crippen LogP contribution in [0.1, 0.15) is 363 Å². The second-order valence-corrected chi connectivity index (χ2v) is 30.3. The average Bonchev–Trinajstić information content (AvgIpc) is 2.56. The first-order valence-corrected chi connectivity index (χ1v) is 41.8. The van der Waals surface area contributed by atoms with Gasteiger partial charge in [-0.25, -0.2) is 9.13 Å². The third-order valence-corrected chi connectivity index (χ3v) is 20.0. The molecule has 17 nitrogen and oxygen atoms in total. The molecule has 560 valence electrons. The van der Waals surface area contributed by atoms with E-state index in [1.807, 2.05) is 0 Å². The highest BCUT2D eigenvalue weighted by Crippen LogP contribution is 2.45. The van der Waals surface area contributed by atoms with Gasteiger partial charge in [0, 0.05) is 25.7 Å². The van der Waals surface area contributed by atoms with E-state index in [0.29, 0.717) is 25.7 Å². The van der Waals surface area contributed by atoms with Crippen LogP contribution in [0.15, 0.2) is 24.3 Å². The predicted octanol–water partition coefficient (Wildman–Crippen LogP) is 21.7. The first-order chi connectivity index (χ1) is 45.8. The molecule has 0 radical (unpaired) electrons. The molecule has 0 saturated heterocycles. The Bertz CT molecular complexity index is 1950. The molecule has 0 aromatic heterocycles. The minimum absolute atomic E-state index is 0.100. The van der Waals surface area contributed by atoms with Crippen LogP contribution < -0.4 is 0 Å². The summed E-state index contributed by atoms with van der Waals surface area (Å²) in [6, 6.07) is 0. The molecule has 0 amide bonds. The summed E-state index contributed by atoms with van der Waals surface area (Å²) in [4.78, 5) is 72.8. The number of esters is 4. The Hall–Kier alpha value is -2.46. The fourth-order valence-electron chi connectivity index (χ4n) is 11.0. The smallest absolute Gasteiger partial charge is 0.462 e. The van der Waals surface area contributed by atoms with E-state index in [0.717, 1.165) is 133 Å². The number of hydrogen-bond acceptors (Lipinski definition) is 15. The van der Waals surface area contributed by atoms with E-state index in [1.165, 1.54) is 148 Å². The van der Waals surface area contributed by atoms with Gasteiger partial charge >= 0.3 is 39.5 Å². The van der Waals surface area contributed by atoms with Crippen LogP contribution in [0.4, 0.5) is 0 Å². The quantitative estimate of drug-likeness (QED) is 0.0169. The van der Waals surface area contributed by atoms with Gasteiger partial charge in [0.25, 0.3) is 0 Å². The zero-order valence-corrected chi connectivity index (χ0v) is 63.4.